The molecule has 0 aliphatic carbocycles. The van der Waals surface area contributed by atoms with Crippen molar-refractivity contribution in [3.63, 3.8) is 0 Å². The van der Waals surface area contributed by atoms with E-state index in [4.69, 9.17) is 4.74 Å². The number of aryl methyl sites for hydroxylation is 1. The molecule has 0 fully saturated rings. The van der Waals surface area contributed by atoms with Gasteiger partial charge in [0.25, 0.3) is 5.56 Å². The van der Waals surface area contributed by atoms with Crippen molar-refractivity contribution in [3.05, 3.63) is 112 Å². The van der Waals surface area contributed by atoms with Crippen LogP contribution < -0.4 is 26.2 Å². The number of pyridine rings is 3. The zero-order chi connectivity index (χ0) is 32.7. The van der Waals surface area contributed by atoms with Crippen molar-refractivity contribution in [2.45, 2.75) is 65.6 Å². The van der Waals surface area contributed by atoms with Gasteiger partial charge >= 0.3 is 6.03 Å². The van der Waals surface area contributed by atoms with E-state index in [1.165, 1.54) is 0 Å². The SMILES string of the molecule is CCCCn1c(=O)c(NC(=O)Nc2cc(CNCc3ccccn3)ccc2C(C)(C)C)c(-c2cccc(OC)c2)c2cccnc21. The van der Waals surface area contributed by atoms with Gasteiger partial charge in [-0.05, 0) is 71.0 Å². The van der Waals surface area contributed by atoms with Crippen LogP contribution in [0.3, 0.4) is 0 Å². The molecule has 9 nitrogen and oxygen atoms in total. The lowest BCUT2D eigenvalue weighted by atomic mass is 9.85. The van der Waals surface area contributed by atoms with Crippen LogP contribution in [0.1, 0.15) is 57.4 Å². The number of aromatic nitrogens is 3. The third-order valence-electron chi connectivity index (χ3n) is 7.85. The second-order valence-corrected chi connectivity index (χ2v) is 12.3. The van der Waals surface area contributed by atoms with Crippen molar-refractivity contribution < 1.29 is 9.53 Å². The number of carbonyl (C=O) groups excluding carboxylic acids is 1. The van der Waals surface area contributed by atoms with Crippen LogP contribution in [0.4, 0.5) is 16.2 Å². The molecule has 0 bridgehead atoms. The lowest BCUT2D eigenvalue weighted by Gasteiger charge is -2.24. The van der Waals surface area contributed by atoms with Gasteiger partial charge in [0, 0.05) is 48.7 Å². The minimum absolute atomic E-state index is 0.188. The number of rotatable bonds is 11. The molecule has 0 saturated heterocycles. The third-order valence-corrected chi connectivity index (χ3v) is 7.85. The first kappa shape index (κ1) is 32.4. The standard InChI is InChI=1S/C37H42N6O3/c1-6-7-20-43-34-29(15-11-19-40-34)32(26-12-10-14-28(22-26)46-5)33(35(43)44)42-36(45)41-31-21-25(16-17-30(31)37(2,3)4)23-38-24-27-13-8-9-18-39-27/h8-19,21-22,38H,6-7,20,23-24H2,1-5H3,(H2,41,42,45). The number of urea groups is 1. The number of benzene rings is 2. The first-order valence-corrected chi connectivity index (χ1v) is 15.7. The Morgan fingerprint density at radius 1 is 0.913 bits per heavy atom. The normalized spacial score (nSPS) is 11.4. The minimum Gasteiger partial charge on any atom is -0.497 e. The summed E-state index contributed by atoms with van der Waals surface area (Å²) in [6, 6.07) is 22.7. The average molecular weight is 619 g/mol. The van der Waals surface area contributed by atoms with E-state index < -0.39 is 6.03 Å². The highest BCUT2D eigenvalue weighted by Crippen LogP contribution is 2.35. The summed E-state index contributed by atoms with van der Waals surface area (Å²) in [4.78, 5) is 37.0. The molecule has 9 heteroatoms. The largest absolute Gasteiger partial charge is 0.497 e. The van der Waals surface area contributed by atoms with E-state index in [2.05, 4.69) is 65.7 Å². The second-order valence-electron chi connectivity index (χ2n) is 12.3. The fourth-order valence-electron chi connectivity index (χ4n) is 5.56. The van der Waals surface area contributed by atoms with Crippen LogP contribution in [-0.2, 0) is 25.0 Å². The molecule has 2 aromatic carbocycles. The number of hydrogen-bond donors (Lipinski definition) is 3. The molecule has 3 aromatic heterocycles. The molecule has 0 spiro atoms. The fraction of sp³-hybridized carbons (Fsp3) is 0.297. The van der Waals surface area contributed by atoms with E-state index in [1.54, 1.807) is 24.1 Å². The molecule has 0 radical (unpaired) electrons. The molecule has 0 aliphatic rings. The van der Waals surface area contributed by atoms with Gasteiger partial charge in [0.15, 0.2) is 0 Å². The highest BCUT2D eigenvalue weighted by atomic mass is 16.5. The number of unbranched alkanes of at least 4 members (excludes halogenated alkanes) is 1. The van der Waals surface area contributed by atoms with Crippen LogP contribution in [0.15, 0.2) is 90.0 Å². The Kier molecular flexibility index (Phi) is 10.1. The Morgan fingerprint density at radius 2 is 1.74 bits per heavy atom. The lowest BCUT2D eigenvalue weighted by molar-refractivity contribution is 0.262. The van der Waals surface area contributed by atoms with Crippen molar-refractivity contribution in [1.29, 1.82) is 0 Å². The molecule has 46 heavy (non-hydrogen) atoms. The average Bonchev–Trinajstić information content (AvgIpc) is 3.05. The zero-order valence-electron chi connectivity index (χ0n) is 27.2. The monoisotopic (exact) mass is 618 g/mol. The number of ether oxygens (including phenoxy) is 1. The van der Waals surface area contributed by atoms with Gasteiger partial charge in [0.2, 0.25) is 0 Å². The van der Waals surface area contributed by atoms with Crippen LogP contribution in [0.2, 0.25) is 0 Å². The summed E-state index contributed by atoms with van der Waals surface area (Å²) in [7, 11) is 1.60. The maximum absolute atomic E-state index is 14.2. The first-order chi connectivity index (χ1) is 22.2. The van der Waals surface area contributed by atoms with Gasteiger partial charge in [-0.15, -0.1) is 0 Å². The number of anilines is 2. The van der Waals surface area contributed by atoms with Crippen molar-refractivity contribution in [2.24, 2.45) is 0 Å². The molecule has 3 N–H and O–H groups in total. The zero-order valence-corrected chi connectivity index (χ0v) is 27.2. The minimum atomic E-state index is -0.504. The summed E-state index contributed by atoms with van der Waals surface area (Å²) in [5.74, 6) is 0.642. The van der Waals surface area contributed by atoms with Gasteiger partial charge in [-0.2, -0.15) is 0 Å². The van der Waals surface area contributed by atoms with Gasteiger partial charge in [-0.1, -0.05) is 64.4 Å². The van der Waals surface area contributed by atoms with Gasteiger partial charge < -0.3 is 20.7 Å². The number of carbonyl (C=O) groups is 1. The van der Waals surface area contributed by atoms with Gasteiger partial charge in [0.05, 0.1) is 12.8 Å². The molecule has 3 heterocycles. The first-order valence-electron chi connectivity index (χ1n) is 15.7. The second kappa shape index (κ2) is 14.4. The number of nitrogens with one attached hydrogen (secondary N) is 3. The molecule has 5 aromatic rings. The maximum Gasteiger partial charge on any atom is 0.323 e. The molecular weight excluding hydrogens is 576 g/mol. The van der Waals surface area contributed by atoms with Crippen LogP contribution in [0, 0.1) is 0 Å². The Balaban J connectivity index is 1.52. The maximum atomic E-state index is 14.2. The molecule has 0 unspecified atom stereocenters. The smallest absolute Gasteiger partial charge is 0.323 e. The number of fused-ring (bicyclic) bond motifs is 1. The van der Waals surface area contributed by atoms with Crippen molar-refractivity contribution >= 4 is 28.4 Å². The van der Waals surface area contributed by atoms with Gasteiger partial charge in [-0.25, -0.2) is 9.78 Å². The molecule has 0 atom stereocenters. The summed E-state index contributed by atoms with van der Waals surface area (Å²) in [6.07, 6.45) is 5.17. The summed E-state index contributed by atoms with van der Waals surface area (Å²) >= 11 is 0. The van der Waals surface area contributed by atoms with Gasteiger partial charge in [0.1, 0.15) is 17.1 Å². The van der Waals surface area contributed by atoms with Crippen LogP contribution >= 0.6 is 0 Å². The van der Waals surface area contributed by atoms with Crippen LogP contribution in [-0.4, -0.2) is 27.7 Å². The Morgan fingerprint density at radius 3 is 2.48 bits per heavy atom. The number of nitrogens with zero attached hydrogens (tertiary/aromatic N) is 3. The van der Waals surface area contributed by atoms with Crippen molar-refractivity contribution in [2.75, 3.05) is 17.7 Å². The molecule has 238 valence electrons. The summed E-state index contributed by atoms with van der Waals surface area (Å²) in [5.41, 5.74) is 5.17. The number of amides is 2. The predicted octanol–water partition coefficient (Wildman–Crippen LogP) is 7.50. The van der Waals surface area contributed by atoms with Gasteiger partial charge in [-0.3, -0.25) is 14.3 Å². The van der Waals surface area contributed by atoms with E-state index in [-0.39, 0.29) is 16.7 Å². The highest BCUT2D eigenvalue weighted by molar-refractivity contribution is 6.07. The third kappa shape index (κ3) is 7.43. The Bertz CT molecular complexity index is 1880. The molecule has 5 rings (SSSR count). The topological polar surface area (TPSA) is 110 Å². The lowest BCUT2D eigenvalue weighted by Crippen LogP contribution is -2.30. The summed E-state index contributed by atoms with van der Waals surface area (Å²) < 4.78 is 7.16. The summed E-state index contributed by atoms with van der Waals surface area (Å²) in [5, 5.41) is 10.2. The fourth-order valence-corrected chi connectivity index (χ4v) is 5.56. The Labute approximate surface area is 270 Å². The van der Waals surface area contributed by atoms with Crippen LogP contribution in [0.25, 0.3) is 22.2 Å². The quantitative estimate of drug-likeness (QED) is 0.141. The number of hydrogen-bond acceptors (Lipinski definition) is 6. The Hall–Kier alpha value is -5.02. The molecule has 2 amide bonds. The predicted molar refractivity (Wildman–Crippen MR) is 185 cm³/mol. The van der Waals surface area contributed by atoms with Crippen molar-refractivity contribution in [1.82, 2.24) is 19.9 Å². The molecule has 0 aliphatic heterocycles. The van der Waals surface area contributed by atoms with E-state index in [0.29, 0.717) is 42.3 Å². The molecule has 0 saturated carbocycles. The van der Waals surface area contributed by atoms with E-state index in [9.17, 15) is 9.59 Å². The molecular formula is C37H42N6O3. The van der Waals surface area contributed by atoms with E-state index in [1.807, 2.05) is 60.7 Å². The highest BCUT2D eigenvalue weighted by Gasteiger charge is 2.23. The van der Waals surface area contributed by atoms with E-state index in [0.717, 1.165) is 40.6 Å². The van der Waals surface area contributed by atoms with E-state index >= 15 is 0 Å². The number of methoxy groups -OCH3 is 1. The summed E-state index contributed by atoms with van der Waals surface area (Å²) in [6.45, 7) is 10.1. The van der Waals surface area contributed by atoms with Crippen molar-refractivity contribution in [3.8, 4) is 16.9 Å². The van der Waals surface area contributed by atoms with Crippen LogP contribution in [0.5, 0.6) is 5.75 Å².